The second-order valence-electron chi connectivity index (χ2n) is 2.13. The number of amides is 1. The molecule has 5 nitrogen and oxygen atoms in total. The van der Waals surface area contributed by atoms with Gasteiger partial charge in [0.25, 0.3) is 0 Å². The van der Waals surface area contributed by atoms with Gasteiger partial charge in [-0.2, -0.15) is 0 Å². The van der Waals surface area contributed by atoms with Gasteiger partial charge in [-0.05, 0) is 6.92 Å². The number of aliphatic hydroxyl groups is 1. The highest BCUT2D eigenvalue weighted by atomic mass is 16.3. The quantitative estimate of drug-likeness (QED) is 0.439. The molecule has 5 heteroatoms. The average molecular weight is 159 g/mol. The van der Waals surface area contributed by atoms with E-state index >= 15 is 0 Å². The summed E-state index contributed by atoms with van der Waals surface area (Å²) in [6.45, 7) is 1.20. The van der Waals surface area contributed by atoms with E-state index in [-0.39, 0.29) is 6.54 Å². The van der Waals surface area contributed by atoms with E-state index in [1.54, 1.807) is 0 Å². The van der Waals surface area contributed by atoms with Gasteiger partial charge in [0, 0.05) is 0 Å². The third-order valence-electron chi connectivity index (χ3n) is 1.16. The number of hydrogen-bond acceptors (Lipinski definition) is 4. The summed E-state index contributed by atoms with van der Waals surface area (Å²) in [6, 6.07) is -0.983. The van der Waals surface area contributed by atoms with Crippen LogP contribution in [0.3, 0.4) is 0 Å². The van der Waals surface area contributed by atoms with Gasteiger partial charge in [-0.25, -0.2) is 0 Å². The highest BCUT2D eigenvalue weighted by molar-refractivity contribution is 5.83. The maximum absolute atomic E-state index is 10.8. The van der Waals surface area contributed by atoms with Crippen LogP contribution in [0.4, 0.5) is 0 Å². The van der Waals surface area contributed by atoms with E-state index in [0.29, 0.717) is 0 Å². The van der Waals surface area contributed by atoms with Gasteiger partial charge in [-0.3, -0.25) is 9.59 Å². The predicted molar refractivity (Wildman–Crippen MR) is 38.4 cm³/mol. The Labute approximate surface area is 64.6 Å². The van der Waals surface area contributed by atoms with E-state index in [2.05, 4.69) is 5.32 Å². The topological polar surface area (TPSA) is 92.4 Å². The monoisotopic (exact) mass is 159 g/mol. The summed E-state index contributed by atoms with van der Waals surface area (Å²) in [4.78, 5) is 20.4. The maximum atomic E-state index is 10.8. The first-order valence-electron chi connectivity index (χ1n) is 3.16. The van der Waals surface area contributed by atoms with Gasteiger partial charge in [0.2, 0.25) is 12.2 Å². The second kappa shape index (κ2) is 4.81. The van der Waals surface area contributed by atoms with Crippen LogP contribution in [0.5, 0.6) is 0 Å². The lowest BCUT2D eigenvalue weighted by atomic mass is 10.2. The lowest BCUT2D eigenvalue weighted by Crippen LogP contribution is -2.47. The zero-order valence-corrected chi connectivity index (χ0v) is 6.20. The second-order valence-corrected chi connectivity index (χ2v) is 2.13. The first kappa shape index (κ1) is 10.1. The van der Waals surface area contributed by atoms with Crippen LogP contribution in [-0.4, -0.2) is 36.0 Å². The number of aliphatic hydroxyl groups excluding tert-OH is 1. The van der Waals surface area contributed by atoms with Crippen LogP contribution in [0.15, 0.2) is 0 Å². The smallest absolute Gasteiger partial charge is 0.239 e. The van der Waals surface area contributed by atoms with Crippen molar-refractivity contribution in [3.8, 4) is 0 Å². The molecular formula is C6H11N2O3. The summed E-state index contributed by atoms with van der Waals surface area (Å²) >= 11 is 0. The molecule has 1 radical (unpaired) electrons. The summed E-state index contributed by atoms with van der Waals surface area (Å²) < 4.78 is 0. The van der Waals surface area contributed by atoms with Crippen molar-refractivity contribution in [3.05, 3.63) is 0 Å². The Morgan fingerprint density at radius 2 is 2.36 bits per heavy atom. The third kappa shape index (κ3) is 3.69. The fraction of sp³-hybridized carbons (Fsp3) is 0.667. The number of hydrogen-bond donors (Lipinski definition) is 3. The van der Waals surface area contributed by atoms with Gasteiger partial charge in [-0.15, -0.1) is 0 Å². The minimum atomic E-state index is -0.983. The van der Waals surface area contributed by atoms with Gasteiger partial charge in [0.1, 0.15) is 6.04 Å². The molecule has 0 saturated heterocycles. The largest absolute Gasteiger partial charge is 0.391 e. The standard InChI is InChI=1S/C6H11N2O3/c1-4(10)5(7)6(11)8-2-3-9/h4-5,10H,2,7H2,1H3,(H,8,11)/t4-,5+/m0/s1. The molecule has 0 aliphatic carbocycles. The van der Waals surface area contributed by atoms with Gasteiger partial charge in [0.15, 0.2) is 0 Å². The molecule has 0 rings (SSSR count). The molecule has 0 aromatic heterocycles. The third-order valence-corrected chi connectivity index (χ3v) is 1.16. The molecule has 0 spiro atoms. The number of rotatable bonds is 4. The Morgan fingerprint density at radius 1 is 1.82 bits per heavy atom. The van der Waals surface area contributed by atoms with Gasteiger partial charge in [-0.1, -0.05) is 0 Å². The summed E-state index contributed by atoms with van der Waals surface area (Å²) in [6.07, 6.45) is 0.558. The van der Waals surface area contributed by atoms with Crippen LogP contribution in [0.1, 0.15) is 6.92 Å². The molecule has 0 aromatic rings. The molecule has 2 atom stereocenters. The molecule has 0 saturated carbocycles. The summed E-state index contributed by atoms with van der Waals surface area (Å²) in [5.41, 5.74) is 5.21. The van der Waals surface area contributed by atoms with E-state index < -0.39 is 18.1 Å². The highest BCUT2D eigenvalue weighted by Crippen LogP contribution is 1.86. The van der Waals surface area contributed by atoms with Crippen molar-refractivity contribution >= 4 is 12.2 Å². The minimum Gasteiger partial charge on any atom is -0.391 e. The molecule has 0 heterocycles. The number of nitrogens with two attached hydrogens (primary N) is 1. The SMILES string of the molecule is C[C@H](O)[C@@H](N)C(=O)NC[C]=O. The van der Waals surface area contributed by atoms with Crippen molar-refractivity contribution in [2.45, 2.75) is 19.1 Å². The Balaban J connectivity index is 3.73. The van der Waals surface area contributed by atoms with Crippen LogP contribution in [-0.2, 0) is 9.59 Å². The molecular weight excluding hydrogens is 148 g/mol. The number of carbonyl (C=O) groups is 1. The average Bonchev–Trinajstić information content (AvgIpc) is 1.98. The van der Waals surface area contributed by atoms with E-state index in [9.17, 15) is 9.59 Å². The van der Waals surface area contributed by atoms with E-state index in [0.717, 1.165) is 0 Å². The van der Waals surface area contributed by atoms with Crippen molar-refractivity contribution < 1.29 is 14.7 Å². The van der Waals surface area contributed by atoms with E-state index in [4.69, 9.17) is 10.8 Å². The fourth-order valence-corrected chi connectivity index (χ4v) is 0.460. The van der Waals surface area contributed by atoms with Crippen molar-refractivity contribution in [2.75, 3.05) is 6.54 Å². The highest BCUT2D eigenvalue weighted by Gasteiger charge is 2.17. The van der Waals surface area contributed by atoms with Crippen LogP contribution in [0.2, 0.25) is 0 Å². The first-order valence-corrected chi connectivity index (χ1v) is 3.16. The van der Waals surface area contributed by atoms with E-state index in [1.807, 2.05) is 0 Å². The van der Waals surface area contributed by atoms with Crippen LogP contribution in [0.25, 0.3) is 0 Å². The molecule has 0 unspecified atom stereocenters. The Kier molecular flexibility index (Phi) is 4.40. The normalized spacial score (nSPS) is 15.2. The van der Waals surface area contributed by atoms with Crippen LogP contribution >= 0.6 is 0 Å². The molecule has 0 aliphatic rings. The molecule has 0 aliphatic heterocycles. The lowest BCUT2D eigenvalue weighted by Gasteiger charge is -2.12. The Morgan fingerprint density at radius 3 is 2.73 bits per heavy atom. The summed E-state index contributed by atoms with van der Waals surface area (Å²) in [5, 5.41) is 11.0. The lowest BCUT2D eigenvalue weighted by molar-refractivity contribution is -0.124. The van der Waals surface area contributed by atoms with Crippen molar-refractivity contribution in [3.63, 3.8) is 0 Å². The molecule has 11 heavy (non-hydrogen) atoms. The Bertz CT molecular complexity index is 147. The molecule has 63 valence electrons. The zero-order chi connectivity index (χ0) is 8.85. The predicted octanol–water partition coefficient (Wildman–Crippen LogP) is -2.08. The van der Waals surface area contributed by atoms with Crippen LogP contribution in [0, 0.1) is 0 Å². The van der Waals surface area contributed by atoms with Crippen molar-refractivity contribution in [1.82, 2.24) is 5.32 Å². The summed E-state index contributed by atoms with van der Waals surface area (Å²) in [7, 11) is 0. The first-order chi connectivity index (χ1) is 5.09. The molecule has 0 aromatic carbocycles. The molecule has 0 fully saturated rings. The number of carbonyl (C=O) groups excluding carboxylic acids is 2. The minimum absolute atomic E-state index is 0.195. The van der Waals surface area contributed by atoms with Crippen LogP contribution < -0.4 is 11.1 Å². The maximum Gasteiger partial charge on any atom is 0.239 e. The van der Waals surface area contributed by atoms with E-state index in [1.165, 1.54) is 13.2 Å². The molecule has 1 amide bonds. The van der Waals surface area contributed by atoms with Gasteiger partial charge in [0.05, 0.1) is 12.6 Å². The van der Waals surface area contributed by atoms with Crippen molar-refractivity contribution in [1.29, 1.82) is 0 Å². The zero-order valence-electron chi connectivity index (χ0n) is 6.20. The summed E-state index contributed by atoms with van der Waals surface area (Å²) in [5.74, 6) is -0.552. The van der Waals surface area contributed by atoms with Gasteiger partial charge >= 0.3 is 0 Å². The fourth-order valence-electron chi connectivity index (χ4n) is 0.460. The molecule has 0 bridgehead atoms. The van der Waals surface area contributed by atoms with Crippen molar-refractivity contribution in [2.24, 2.45) is 5.73 Å². The number of nitrogens with one attached hydrogen (secondary N) is 1. The van der Waals surface area contributed by atoms with Gasteiger partial charge < -0.3 is 16.2 Å². The Hall–Kier alpha value is -0.940. The molecule has 4 N–H and O–H groups in total.